The van der Waals surface area contributed by atoms with Gasteiger partial charge in [0.15, 0.2) is 17.3 Å². The van der Waals surface area contributed by atoms with E-state index in [0.717, 1.165) is 19.3 Å². The van der Waals surface area contributed by atoms with E-state index in [9.17, 15) is 9.90 Å². The van der Waals surface area contributed by atoms with Crippen molar-refractivity contribution < 1.29 is 19.4 Å². The number of nitrogens with two attached hydrogens (primary N) is 2. The van der Waals surface area contributed by atoms with Crippen molar-refractivity contribution in [1.82, 2.24) is 24.4 Å². The third kappa shape index (κ3) is 6.78. The van der Waals surface area contributed by atoms with E-state index < -0.39 is 5.79 Å². The molecule has 1 aliphatic carbocycles. The largest absolute Gasteiger partial charge is 0.397 e. The molecule has 1 aliphatic heterocycles. The predicted molar refractivity (Wildman–Crippen MR) is 157 cm³/mol. The van der Waals surface area contributed by atoms with E-state index in [1.54, 1.807) is 26.2 Å². The van der Waals surface area contributed by atoms with Gasteiger partial charge in [-0.05, 0) is 65.0 Å². The van der Waals surface area contributed by atoms with Gasteiger partial charge < -0.3 is 31.4 Å². The van der Waals surface area contributed by atoms with Gasteiger partial charge >= 0.3 is 0 Å². The minimum Gasteiger partial charge on any atom is -0.397 e. The Balaban J connectivity index is 1.20. The maximum Gasteiger partial charge on any atom is 0.224 e. The molecule has 1 aromatic carbocycles. The number of fused-ring (bicyclic) bond motifs is 1. The van der Waals surface area contributed by atoms with E-state index in [0.29, 0.717) is 59.7 Å². The number of nitrogens with zero attached hydrogens (tertiary/aromatic N) is 5. The van der Waals surface area contributed by atoms with Gasteiger partial charge in [0.1, 0.15) is 18.1 Å². The van der Waals surface area contributed by atoms with Gasteiger partial charge in [0, 0.05) is 31.5 Å². The first-order chi connectivity index (χ1) is 19.5. The number of aromatic nitrogens is 4. The zero-order valence-corrected chi connectivity index (χ0v) is 24.2. The molecule has 41 heavy (non-hydrogen) atoms. The fraction of sp³-hybridized carbons (Fsp3) is 0.586. The lowest BCUT2D eigenvalue weighted by Crippen LogP contribution is -2.52. The minimum atomic E-state index is -1.31. The lowest BCUT2D eigenvalue weighted by molar-refractivity contribution is -0.216. The van der Waals surface area contributed by atoms with Crippen molar-refractivity contribution in [3.8, 4) is 0 Å². The molecular formula is C29H42N8O4. The van der Waals surface area contributed by atoms with Gasteiger partial charge in [-0.3, -0.25) is 14.3 Å². The number of rotatable bonds is 11. The lowest BCUT2D eigenvalue weighted by Gasteiger charge is -2.46. The molecule has 2 aliphatic rings. The van der Waals surface area contributed by atoms with E-state index in [2.05, 4.69) is 39.0 Å². The average molecular weight is 567 g/mol. The van der Waals surface area contributed by atoms with Crippen LogP contribution in [0.15, 0.2) is 36.9 Å². The van der Waals surface area contributed by atoms with Crippen LogP contribution in [0.4, 0.5) is 17.2 Å². The summed E-state index contributed by atoms with van der Waals surface area (Å²) in [5, 5.41) is 13.4. The highest BCUT2D eigenvalue weighted by Gasteiger charge is 2.43. The fourth-order valence-electron chi connectivity index (χ4n) is 5.97. The molecule has 222 valence electrons. The van der Waals surface area contributed by atoms with E-state index in [1.807, 2.05) is 22.8 Å². The zero-order valence-electron chi connectivity index (χ0n) is 24.2. The van der Waals surface area contributed by atoms with Crippen LogP contribution in [0.25, 0.3) is 11.2 Å². The van der Waals surface area contributed by atoms with Crippen LogP contribution in [0, 0.1) is 5.92 Å². The molecule has 0 unspecified atom stereocenters. The number of hydrogen-bond donors (Lipinski definition) is 4. The highest BCUT2D eigenvalue weighted by Crippen LogP contribution is 2.39. The molecule has 3 aromatic rings. The molecule has 1 amide bonds. The first-order valence-corrected chi connectivity index (χ1v) is 14.4. The third-order valence-electron chi connectivity index (χ3n) is 8.07. The average Bonchev–Trinajstić information content (AvgIpc) is 3.47. The van der Waals surface area contributed by atoms with Gasteiger partial charge in [-0.2, -0.15) is 0 Å². The number of carbonyl (C=O) groups is 1. The molecule has 0 spiro atoms. The summed E-state index contributed by atoms with van der Waals surface area (Å²) in [6.45, 7) is 8.30. The number of amides is 1. The number of para-hydroxylation sites is 2. The Hall–Kier alpha value is -3.32. The van der Waals surface area contributed by atoms with Crippen molar-refractivity contribution in [2.24, 2.45) is 5.92 Å². The Labute approximate surface area is 240 Å². The van der Waals surface area contributed by atoms with Crippen molar-refractivity contribution in [2.75, 3.05) is 23.3 Å². The van der Waals surface area contributed by atoms with Crippen LogP contribution in [0.2, 0.25) is 0 Å². The minimum absolute atomic E-state index is 0.0110. The zero-order chi connectivity index (χ0) is 29.3. The molecule has 0 radical (unpaired) electrons. The molecule has 12 heteroatoms. The number of anilines is 3. The second kappa shape index (κ2) is 11.9. The summed E-state index contributed by atoms with van der Waals surface area (Å²) in [6, 6.07) is 7.98. The van der Waals surface area contributed by atoms with Gasteiger partial charge in [-0.25, -0.2) is 15.0 Å². The number of benzene rings is 1. The number of imidazole rings is 1. The summed E-state index contributed by atoms with van der Waals surface area (Å²) >= 11 is 0. The molecule has 3 atom stereocenters. The van der Waals surface area contributed by atoms with Crippen molar-refractivity contribution >= 4 is 34.3 Å². The fourth-order valence-corrected chi connectivity index (χ4v) is 5.97. The Kier molecular flexibility index (Phi) is 8.46. The number of ether oxygens (including phenoxy) is 2. The van der Waals surface area contributed by atoms with E-state index in [4.69, 9.17) is 20.9 Å². The van der Waals surface area contributed by atoms with Crippen molar-refractivity contribution in [1.29, 1.82) is 0 Å². The topological polar surface area (TPSA) is 167 Å². The molecule has 1 saturated carbocycles. The first-order valence-electron chi connectivity index (χ1n) is 14.4. The Morgan fingerprint density at radius 3 is 2.68 bits per heavy atom. The summed E-state index contributed by atoms with van der Waals surface area (Å²) in [6.07, 6.45) is 6.00. The second-order valence-electron chi connectivity index (χ2n) is 12.0. The first kappa shape index (κ1) is 29.2. The van der Waals surface area contributed by atoms with Gasteiger partial charge in [0.2, 0.25) is 5.91 Å². The maximum absolute atomic E-state index is 12.5. The second-order valence-corrected chi connectivity index (χ2v) is 12.0. The molecule has 3 heterocycles. The summed E-state index contributed by atoms with van der Waals surface area (Å²) in [4.78, 5) is 27.7. The number of carbonyl (C=O) groups excluding carboxylic acids is 1. The number of hydrogen-bond acceptors (Lipinski definition) is 10. The van der Waals surface area contributed by atoms with Crippen LogP contribution in [-0.2, 0) is 14.3 Å². The molecule has 12 nitrogen and oxygen atoms in total. The Bertz CT molecular complexity index is 1350. The van der Waals surface area contributed by atoms with Crippen LogP contribution in [0.5, 0.6) is 0 Å². The third-order valence-corrected chi connectivity index (χ3v) is 8.07. The number of nitrogens with one attached hydrogen (secondary N) is 1. The number of aliphatic hydroxyl groups is 1. The molecule has 0 bridgehead atoms. The van der Waals surface area contributed by atoms with Crippen molar-refractivity contribution in [2.45, 2.75) is 96.1 Å². The molecule has 2 aromatic heterocycles. The molecule has 6 N–H and O–H groups in total. The predicted octanol–water partition coefficient (Wildman–Crippen LogP) is 3.30. The molecule has 2 fully saturated rings. The van der Waals surface area contributed by atoms with E-state index in [1.165, 1.54) is 6.33 Å². The van der Waals surface area contributed by atoms with E-state index in [-0.39, 0.29) is 30.4 Å². The van der Waals surface area contributed by atoms with Gasteiger partial charge in [0.25, 0.3) is 0 Å². The highest BCUT2D eigenvalue weighted by molar-refractivity contribution is 5.93. The van der Waals surface area contributed by atoms with Crippen LogP contribution in [0.3, 0.4) is 0 Å². The van der Waals surface area contributed by atoms with Gasteiger partial charge in [-0.15, -0.1) is 0 Å². The Morgan fingerprint density at radius 2 is 1.98 bits per heavy atom. The molecule has 5 rings (SSSR count). The highest BCUT2D eigenvalue weighted by atomic mass is 16.6. The maximum atomic E-state index is 12.5. The lowest BCUT2D eigenvalue weighted by atomic mass is 9.76. The standard InChI is InChI=1S/C29H42N8O4/c1-17(2)36(19-11-18(12-19)9-10-24(38)35-21-8-6-5-7-20(21)30)14-23-22(41-29(3,4)39)13-25(40-23)37-16-34-26-27(31)32-15-33-28(26)37/h5-8,15-19,22-23,25,39H,9-14,30H2,1-4H3,(H,35,38)(H2,31,32,33)/t18?,19?,22-,23+,25+/m0/s1. The van der Waals surface area contributed by atoms with Crippen molar-refractivity contribution in [3.63, 3.8) is 0 Å². The smallest absolute Gasteiger partial charge is 0.224 e. The summed E-state index contributed by atoms with van der Waals surface area (Å²) in [5.74, 6) is -0.508. The summed E-state index contributed by atoms with van der Waals surface area (Å²) in [7, 11) is 0. The normalized spacial score (nSPS) is 24.7. The van der Waals surface area contributed by atoms with Crippen LogP contribution in [-0.4, -0.2) is 72.1 Å². The molecular weight excluding hydrogens is 524 g/mol. The number of nitrogen functional groups attached to an aromatic ring is 2. The van der Waals surface area contributed by atoms with Gasteiger partial charge in [0.05, 0.1) is 29.9 Å². The van der Waals surface area contributed by atoms with E-state index >= 15 is 0 Å². The van der Waals surface area contributed by atoms with Gasteiger partial charge in [-0.1, -0.05) is 12.1 Å². The summed E-state index contributed by atoms with van der Waals surface area (Å²) in [5.41, 5.74) is 14.3. The van der Waals surface area contributed by atoms with Crippen LogP contribution in [0.1, 0.15) is 66.0 Å². The monoisotopic (exact) mass is 566 g/mol. The van der Waals surface area contributed by atoms with Crippen molar-refractivity contribution in [3.05, 3.63) is 36.9 Å². The Morgan fingerprint density at radius 1 is 1.22 bits per heavy atom. The quantitative estimate of drug-likeness (QED) is 0.200. The van der Waals surface area contributed by atoms with Crippen LogP contribution >= 0.6 is 0 Å². The molecule has 1 saturated heterocycles. The summed E-state index contributed by atoms with van der Waals surface area (Å²) < 4.78 is 14.5. The SMILES string of the molecule is CC(C)N(C[C@H]1O[C@@H](n2cnc3c(N)ncnc32)C[C@@H]1OC(C)(C)O)C1CC(CCC(=O)Nc2ccccc2N)C1. The van der Waals surface area contributed by atoms with Crippen LogP contribution < -0.4 is 16.8 Å².